The number of carbonyl (C=O) groups is 1. The number of ether oxygens (including phenoxy) is 1. The van der Waals surface area contributed by atoms with Crippen molar-refractivity contribution in [3.8, 4) is 0 Å². The summed E-state index contributed by atoms with van der Waals surface area (Å²) in [6.07, 6.45) is 0.821. The van der Waals surface area contributed by atoms with Gasteiger partial charge in [0.15, 0.2) is 5.78 Å². The molecule has 1 aliphatic rings. The van der Waals surface area contributed by atoms with Gasteiger partial charge in [-0.25, -0.2) is 0 Å². The highest BCUT2D eigenvalue weighted by atomic mass is 35.5. The standard InChI is InChI=1S/C15H19ClO2/c1-9-7-14(16)10(2)6-13(9)15(17)12-4-5-18-8-11(12)3/h6-7,11-12H,4-5,8H2,1-3H3. The van der Waals surface area contributed by atoms with Crippen molar-refractivity contribution in [2.45, 2.75) is 27.2 Å². The number of rotatable bonds is 2. The predicted molar refractivity (Wildman–Crippen MR) is 73.3 cm³/mol. The van der Waals surface area contributed by atoms with Crippen LogP contribution in [-0.4, -0.2) is 19.0 Å². The number of halogens is 1. The number of Topliss-reactive ketones (excluding diaryl/α,β-unsaturated/α-hetero) is 1. The summed E-state index contributed by atoms with van der Waals surface area (Å²) in [7, 11) is 0. The smallest absolute Gasteiger partial charge is 0.166 e. The summed E-state index contributed by atoms with van der Waals surface area (Å²) in [6, 6.07) is 3.80. The molecule has 3 heteroatoms. The Hall–Kier alpha value is -0.860. The minimum absolute atomic E-state index is 0.0815. The minimum atomic E-state index is 0.0815. The molecule has 18 heavy (non-hydrogen) atoms. The van der Waals surface area contributed by atoms with Crippen LogP contribution in [0.1, 0.15) is 34.8 Å². The maximum Gasteiger partial charge on any atom is 0.166 e. The molecular formula is C15H19ClO2. The van der Waals surface area contributed by atoms with Gasteiger partial charge in [0.2, 0.25) is 0 Å². The van der Waals surface area contributed by atoms with Gasteiger partial charge in [0, 0.05) is 29.7 Å². The number of aryl methyl sites for hydroxylation is 2. The van der Waals surface area contributed by atoms with Crippen LogP contribution in [0, 0.1) is 25.7 Å². The Morgan fingerprint density at radius 3 is 2.72 bits per heavy atom. The maximum absolute atomic E-state index is 12.6. The van der Waals surface area contributed by atoms with Gasteiger partial charge in [0.05, 0.1) is 0 Å². The highest BCUT2D eigenvalue weighted by molar-refractivity contribution is 6.31. The first-order valence-corrected chi connectivity index (χ1v) is 6.77. The van der Waals surface area contributed by atoms with E-state index in [4.69, 9.17) is 16.3 Å². The van der Waals surface area contributed by atoms with Gasteiger partial charge in [0.1, 0.15) is 0 Å². The van der Waals surface area contributed by atoms with Gasteiger partial charge in [-0.15, -0.1) is 0 Å². The van der Waals surface area contributed by atoms with Crippen LogP contribution in [0.5, 0.6) is 0 Å². The zero-order valence-electron chi connectivity index (χ0n) is 11.1. The summed E-state index contributed by atoms with van der Waals surface area (Å²) >= 11 is 6.07. The second-order valence-corrected chi connectivity index (χ2v) is 5.64. The van der Waals surface area contributed by atoms with Crippen molar-refractivity contribution in [2.24, 2.45) is 11.8 Å². The third-order valence-electron chi connectivity index (χ3n) is 3.75. The third kappa shape index (κ3) is 2.60. The van der Waals surface area contributed by atoms with E-state index in [-0.39, 0.29) is 11.7 Å². The first kappa shape index (κ1) is 13.6. The average molecular weight is 267 g/mol. The van der Waals surface area contributed by atoms with Gasteiger partial charge in [-0.3, -0.25) is 4.79 Å². The molecule has 2 rings (SSSR count). The lowest BCUT2D eigenvalue weighted by molar-refractivity contribution is 0.0241. The van der Waals surface area contributed by atoms with E-state index in [0.717, 1.165) is 28.1 Å². The first-order chi connectivity index (χ1) is 8.50. The van der Waals surface area contributed by atoms with E-state index in [1.54, 1.807) is 0 Å². The Balaban J connectivity index is 2.30. The second-order valence-electron chi connectivity index (χ2n) is 5.23. The van der Waals surface area contributed by atoms with Crippen molar-refractivity contribution >= 4 is 17.4 Å². The molecule has 1 saturated heterocycles. The van der Waals surface area contributed by atoms with Gasteiger partial charge in [-0.1, -0.05) is 18.5 Å². The topological polar surface area (TPSA) is 26.3 Å². The number of hydrogen-bond acceptors (Lipinski definition) is 2. The van der Waals surface area contributed by atoms with Crippen LogP contribution < -0.4 is 0 Å². The summed E-state index contributed by atoms with van der Waals surface area (Å²) in [5, 5.41) is 0.726. The molecule has 0 bridgehead atoms. The second kappa shape index (κ2) is 5.41. The Bertz CT molecular complexity index is 468. The molecule has 1 fully saturated rings. The van der Waals surface area contributed by atoms with Crippen LogP contribution in [0.15, 0.2) is 12.1 Å². The van der Waals surface area contributed by atoms with Crippen molar-refractivity contribution in [3.63, 3.8) is 0 Å². The van der Waals surface area contributed by atoms with E-state index in [1.807, 2.05) is 26.0 Å². The molecule has 2 atom stereocenters. The lowest BCUT2D eigenvalue weighted by atomic mass is 9.82. The summed E-state index contributed by atoms with van der Waals surface area (Å²) in [5.74, 6) is 0.614. The van der Waals surface area contributed by atoms with Crippen molar-refractivity contribution in [2.75, 3.05) is 13.2 Å². The number of carbonyl (C=O) groups excluding carboxylic acids is 1. The van der Waals surface area contributed by atoms with Crippen molar-refractivity contribution in [3.05, 3.63) is 33.8 Å². The maximum atomic E-state index is 12.6. The number of hydrogen-bond donors (Lipinski definition) is 0. The van der Waals surface area contributed by atoms with Crippen LogP contribution in [0.3, 0.4) is 0 Å². The minimum Gasteiger partial charge on any atom is -0.381 e. The Morgan fingerprint density at radius 2 is 2.06 bits per heavy atom. The summed E-state index contributed by atoms with van der Waals surface area (Å²) in [6.45, 7) is 7.34. The molecule has 1 aliphatic heterocycles. The van der Waals surface area contributed by atoms with Crippen LogP contribution in [0.2, 0.25) is 5.02 Å². The molecule has 0 N–H and O–H groups in total. The van der Waals surface area contributed by atoms with Crippen LogP contribution in [0.25, 0.3) is 0 Å². The molecule has 2 unspecified atom stereocenters. The van der Waals surface area contributed by atoms with E-state index in [2.05, 4.69) is 6.92 Å². The fourth-order valence-corrected chi connectivity index (χ4v) is 2.73. The molecule has 0 radical (unpaired) electrons. The van der Waals surface area contributed by atoms with Crippen LogP contribution >= 0.6 is 11.6 Å². The quantitative estimate of drug-likeness (QED) is 0.761. The molecule has 1 aromatic carbocycles. The summed E-state index contributed by atoms with van der Waals surface area (Å²) in [5.41, 5.74) is 2.75. The van der Waals surface area contributed by atoms with Crippen molar-refractivity contribution < 1.29 is 9.53 Å². The van der Waals surface area contributed by atoms with Gasteiger partial charge in [-0.05, 0) is 49.4 Å². The van der Waals surface area contributed by atoms with Gasteiger partial charge in [0.25, 0.3) is 0 Å². The monoisotopic (exact) mass is 266 g/mol. The van der Waals surface area contributed by atoms with E-state index in [9.17, 15) is 4.79 Å². The molecule has 0 saturated carbocycles. The molecule has 98 valence electrons. The average Bonchev–Trinajstić information content (AvgIpc) is 2.33. The molecule has 2 nitrogen and oxygen atoms in total. The lowest BCUT2D eigenvalue weighted by Crippen LogP contribution is -2.31. The molecule has 0 amide bonds. The van der Waals surface area contributed by atoms with Crippen molar-refractivity contribution in [1.29, 1.82) is 0 Å². The number of benzene rings is 1. The predicted octanol–water partition coefficient (Wildman–Crippen LogP) is 3.81. The number of ketones is 1. The molecule has 0 aromatic heterocycles. The molecule has 0 spiro atoms. The SMILES string of the molecule is Cc1cc(C(=O)C2CCOCC2C)c(C)cc1Cl. The highest BCUT2D eigenvalue weighted by Gasteiger charge is 2.29. The summed E-state index contributed by atoms with van der Waals surface area (Å²) in [4.78, 5) is 12.6. The highest BCUT2D eigenvalue weighted by Crippen LogP contribution is 2.28. The fourth-order valence-electron chi connectivity index (χ4n) is 2.52. The normalized spacial score (nSPS) is 24.0. The van der Waals surface area contributed by atoms with E-state index in [1.165, 1.54) is 0 Å². The van der Waals surface area contributed by atoms with Gasteiger partial charge in [-0.2, -0.15) is 0 Å². The van der Waals surface area contributed by atoms with E-state index < -0.39 is 0 Å². The Labute approximate surface area is 113 Å². The van der Waals surface area contributed by atoms with Crippen molar-refractivity contribution in [1.82, 2.24) is 0 Å². The lowest BCUT2D eigenvalue weighted by Gasteiger charge is -2.28. The molecular weight excluding hydrogens is 248 g/mol. The fraction of sp³-hybridized carbons (Fsp3) is 0.533. The van der Waals surface area contributed by atoms with Crippen LogP contribution in [-0.2, 0) is 4.74 Å². The summed E-state index contributed by atoms with van der Waals surface area (Å²) < 4.78 is 5.40. The van der Waals surface area contributed by atoms with Gasteiger partial charge < -0.3 is 4.74 Å². The molecule has 1 heterocycles. The molecule has 1 aromatic rings. The zero-order valence-corrected chi connectivity index (χ0v) is 11.9. The van der Waals surface area contributed by atoms with Crippen LogP contribution in [0.4, 0.5) is 0 Å². The zero-order chi connectivity index (χ0) is 13.3. The van der Waals surface area contributed by atoms with Gasteiger partial charge >= 0.3 is 0 Å². The largest absolute Gasteiger partial charge is 0.381 e. The van der Waals surface area contributed by atoms with E-state index in [0.29, 0.717) is 19.1 Å². The molecule has 0 aliphatic carbocycles. The Kier molecular flexibility index (Phi) is 4.08. The first-order valence-electron chi connectivity index (χ1n) is 6.39. The van der Waals surface area contributed by atoms with E-state index >= 15 is 0 Å². The Morgan fingerprint density at radius 1 is 1.33 bits per heavy atom. The third-order valence-corrected chi connectivity index (χ3v) is 4.16.